The van der Waals surface area contributed by atoms with Crippen LogP contribution in [0.25, 0.3) is 12.2 Å². The van der Waals surface area contributed by atoms with Gasteiger partial charge in [-0.3, -0.25) is 4.79 Å². The van der Waals surface area contributed by atoms with Gasteiger partial charge in [0, 0.05) is 11.1 Å². The van der Waals surface area contributed by atoms with Crippen molar-refractivity contribution in [2.24, 2.45) is 5.92 Å². The zero-order chi connectivity index (χ0) is 23.5. The van der Waals surface area contributed by atoms with Crippen molar-refractivity contribution in [3.63, 3.8) is 0 Å². The highest BCUT2D eigenvalue weighted by molar-refractivity contribution is 6.14. The molecule has 1 aliphatic carbocycles. The number of ketones is 1. The molecule has 1 fully saturated rings. The number of carbonyl (C=O) groups is 1. The van der Waals surface area contributed by atoms with Crippen LogP contribution in [0.1, 0.15) is 54.9 Å². The highest BCUT2D eigenvalue weighted by Crippen LogP contribution is 2.36. The third kappa shape index (κ3) is 5.90. The Bertz CT molecular complexity index is 929. The lowest BCUT2D eigenvalue weighted by Crippen LogP contribution is -2.20. The number of rotatable bonds is 4. The highest BCUT2D eigenvalue weighted by Gasteiger charge is 2.31. The van der Waals surface area contributed by atoms with Crippen molar-refractivity contribution in [2.75, 3.05) is 0 Å². The lowest BCUT2D eigenvalue weighted by Gasteiger charge is -2.25. The van der Waals surface area contributed by atoms with Crippen LogP contribution in [0.2, 0.25) is 0 Å². The lowest BCUT2D eigenvalue weighted by atomic mass is 9.78. The Morgan fingerprint density at radius 2 is 1.12 bits per heavy atom. The summed E-state index contributed by atoms with van der Waals surface area (Å²) in [6, 6.07) is 9.20. The third-order valence-corrected chi connectivity index (χ3v) is 5.46. The van der Waals surface area contributed by atoms with Crippen LogP contribution in [0.5, 0.6) is 0 Å². The van der Waals surface area contributed by atoms with Crippen molar-refractivity contribution in [3.05, 3.63) is 81.9 Å². The van der Waals surface area contributed by atoms with Gasteiger partial charge in [0.05, 0.1) is 11.1 Å². The molecule has 32 heavy (non-hydrogen) atoms. The van der Waals surface area contributed by atoms with E-state index in [0.29, 0.717) is 35.1 Å². The maximum Gasteiger partial charge on any atom is 0.416 e. The van der Waals surface area contributed by atoms with Crippen LogP contribution >= 0.6 is 0 Å². The first kappa shape index (κ1) is 23.8. The second-order valence-electron chi connectivity index (χ2n) is 7.97. The number of benzene rings is 2. The minimum absolute atomic E-state index is 0.180. The summed E-state index contributed by atoms with van der Waals surface area (Å²) in [4.78, 5) is 13.0. The molecule has 0 atom stereocenters. The van der Waals surface area contributed by atoms with Crippen molar-refractivity contribution in [3.8, 4) is 0 Å². The summed E-state index contributed by atoms with van der Waals surface area (Å²) in [5.41, 5.74) is 0.447. The molecule has 0 bridgehead atoms. The van der Waals surface area contributed by atoms with Crippen molar-refractivity contribution in [1.82, 2.24) is 0 Å². The summed E-state index contributed by atoms with van der Waals surface area (Å²) in [5, 5.41) is 0. The summed E-state index contributed by atoms with van der Waals surface area (Å²) in [5.74, 6) is -0.0451. The molecule has 0 amide bonds. The standard InChI is InChI=1S/C25H22F6O/c1-2-3-18-14-19(12-16-4-8-21(9-5-16)24(26,27)28)23(32)20(15-18)13-17-6-10-22(11-7-17)25(29,30)31/h4-13,18H,2-3,14-15H2,1H3/b19-12+,20-13+. The fourth-order valence-corrected chi connectivity index (χ4v) is 3.89. The van der Waals surface area contributed by atoms with Crippen LogP contribution in [0.3, 0.4) is 0 Å². The second kappa shape index (κ2) is 9.35. The molecule has 0 N–H and O–H groups in total. The smallest absolute Gasteiger partial charge is 0.289 e. The van der Waals surface area contributed by atoms with Gasteiger partial charge in [-0.25, -0.2) is 0 Å². The summed E-state index contributed by atoms with van der Waals surface area (Å²) >= 11 is 0. The van der Waals surface area contributed by atoms with Crippen molar-refractivity contribution >= 4 is 17.9 Å². The Hall–Kier alpha value is -2.83. The predicted molar refractivity (Wildman–Crippen MR) is 111 cm³/mol. The maximum absolute atomic E-state index is 13.0. The quantitative estimate of drug-likeness (QED) is 0.340. The lowest BCUT2D eigenvalue weighted by molar-refractivity contribution is -0.138. The fourth-order valence-electron chi connectivity index (χ4n) is 3.89. The van der Waals surface area contributed by atoms with Gasteiger partial charge in [-0.05, 0) is 66.3 Å². The third-order valence-electron chi connectivity index (χ3n) is 5.46. The normalized spacial score (nSPS) is 20.2. The molecule has 1 nitrogen and oxygen atoms in total. The number of allylic oxidation sites excluding steroid dienone is 2. The van der Waals surface area contributed by atoms with Crippen LogP contribution in [0.15, 0.2) is 59.7 Å². The minimum atomic E-state index is -4.43. The summed E-state index contributed by atoms with van der Waals surface area (Å²) in [6.07, 6.45) is -2.87. The molecule has 0 unspecified atom stereocenters. The first-order valence-electron chi connectivity index (χ1n) is 10.3. The van der Waals surface area contributed by atoms with Gasteiger partial charge in [0.25, 0.3) is 0 Å². The summed E-state index contributed by atoms with van der Waals surface area (Å²) in [6.45, 7) is 2.02. The molecule has 0 aliphatic heterocycles. The molecule has 170 valence electrons. The number of carbonyl (C=O) groups excluding carboxylic acids is 1. The number of Topliss-reactive ketones (excluding diaryl/α,β-unsaturated/α-hetero) is 1. The van der Waals surface area contributed by atoms with E-state index < -0.39 is 23.5 Å². The van der Waals surface area contributed by atoms with Gasteiger partial charge in [0.1, 0.15) is 0 Å². The van der Waals surface area contributed by atoms with Crippen molar-refractivity contribution < 1.29 is 31.1 Å². The van der Waals surface area contributed by atoms with E-state index >= 15 is 0 Å². The number of hydrogen-bond donors (Lipinski definition) is 0. The molecule has 3 rings (SSSR count). The maximum atomic E-state index is 13.0. The Morgan fingerprint density at radius 1 is 0.750 bits per heavy atom. The molecule has 0 radical (unpaired) electrons. The molecule has 0 spiro atoms. The zero-order valence-electron chi connectivity index (χ0n) is 17.4. The molecule has 0 heterocycles. The van der Waals surface area contributed by atoms with E-state index in [2.05, 4.69) is 0 Å². The molecule has 1 aliphatic rings. The molecule has 0 saturated heterocycles. The molecule has 7 heteroatoms. The topological polar surface area (TPSA) is 17.1 Å². The second-order valence-corrected chi connectivity index (χ2v) is 7.97. The number of halogens is 6. The predicted octanol–water partition coefficient (Wildman–Crippen LogP) is 7.97. The molecular formula is C25H22F6O. The van der Waals surface area contributed by atoms with E-state index in [9.17, 15) is 31.1 Å². The Labute approximate surface area is 182 Å². The van der Waals surface area contributed by atoms with E-state index in [1.54, 1.807) is 12.2 Å². The first-order chi connectivity index (χ1) is 15.0. The highest BCUT2D eigenvalue weighted by atomic mass is 19.4. The molecule has 1 saturated carbocycles. The largest absolute Gasteiger partial charge is 0.416 e. The van der Waals surface area contributed by atoms with E-state index in [4.69, 9.17) is 0 Å². The van der Waals surface area contributed by atoms with Gasteiger partial charge in [-0.15, -0.1) is 0 Å². The van der Waals surface area contributed by atoms with E-state index in [0.717, 1.165) is 37.1 Å². The Balaban J connectivity index is 1.90. The van der Waals surface area contributed by atoms with E-state index in [1.165, 1.54) is 24.3 Å². The van der Waals surface area contributed by atoms with Crippen molar-refractivity contribution in [2.45, 2.75) is 45.0 Å². The minimum Gasteiger partial charge on any atom is -0.289 e. The van der Waals surface area contributed by atoms with Gasteiger partial charge in [-0.1, -0.05) is 44.0 Å². The van der Waals surface area contributed by atoms with E-state index in [-0.39, 0.29) is 11.7 Å². The first-order valence-corrected chi connectivity index (χ1v) is 10.3. The summed E-state index contributed by atoms with van der Waals surface area (Å²) in [7, 11) is 0. The molecular weight excluding hydrogens is 430 g/mol. The SMILES string of the molecule is CCCC1C/C(=C\c2ccc(C(F)(F)F)cc2)C(=O)/C(=C/c2ccc(C(F)(F)F)cc2)C1. The fraction of sp³-hybridized carbons (Fsp3) is 0.320. The van der Waals surface area contributed by atoms with E-state index in [1.807, 2.05) is 6.92 Å². The number of alkyl halides is 6. The average molecular weight is 452 g/mol. The van der Waals surface area contributed by atoms with Gasteiger partial charge in [-0.2, -0.15) is 26.3 Å². The van der Waals surface area contributed by atoms with Crippen LogP contribution in [-0.2, 0) is 17.1 Å². The monoisotopic (exact) mass is 452 g/mol. The van der Waals surface area contributed by atoms with Gasteiger partial charge >= 0.3 is 12.4 Å². The van der Waals surface area contributed by atoms with Crippen LogP contribution in [-0.4, -0.2) is 5.78 Å². The van der Waals surface area contributed by atoms with Gasteiger partial charge in [0.2, 0.25) is 0 Å². The summed E-state index contributed by atoms with van der Waals surface area (Å²) < 4.78 is 76.7. The Morgan fingerprint density at radius 3 is 1.44 bits per heavy atom. The van der Waals surface area contributed by atoms with Gasteiger partial charge in [0.15, 0.2) is 5.78 Å². The van der Waals surface area contributed by atoms with Gasteiger partial charge < -0.3 is 0 Å². The molecule has 2 aromatic carbocycles. The van der Waals surface area contributed by atoms with Crippen LogP contribution in [0, 0.1) is 5.92 Å². The van der Waals surface area contributed by atoms with Crippen LogP contribution < -0.4 is 0 Å². The Kier molecular flexibility index (Phi) is 6.96. The number of hydrogen-bond acceptors (Lipinski definition) is 1. The molecule has 0 aromatic heterocycles. The average Bonchev–Trinajstić information content (AvgIpc) is 2.71. The molecule has 2 aromatic rings. The zero-order valence-corrected chi connectivity index (χ0v) is 17.4. The van der Waals surface area contributed by atoms with Crippen LogP contribution in [0.4, 0.5) is 26.3 Å². The van der Waals surface area contributed by atoms with Crippen molar-refractivity contribution in [1.29, 1.82) is 0 Å².